The fraction of sp³-hybridized carbons (Fsp3) is 0.435. The molecule has 1 aliphatic heterocycles. The fourth-order valence-electron chi connectivity index (χ4n) is 3.49. The Hall–Kier alpha value is -2.13. The number of nitrogens with one attached hydrogen (secondary N) is 1. The van der Waals surface area contributed by atoms with Crippen LogP contribution in [0.5, 0.6) is 0 Å². The van der Waals surface area contributed by atoms with Gasteiger partial charge in [0.1, 0.15) is 0 Å². The van der Waals surface area contributed by atoms with Crippen molar-refractivity contribution in [1.29, 1.82) is 0 Å². The molecule has 1 aliphatic rings. The average Bonchev–Trinajstić information content (AvgIpc) is 2.64. The molecule has 0 unspecified atom stereocenters. The number of carbonyl (C=O) groups excluding carboxylic acids is 1. The van der Waals surface area contributed by atoms with Crippen LogP contribution < -0.4 is 5.32 Å². The third-order valence-electron chi connectivity index (χ3n) is 5.14. The minimum absolute atomic E-state index is 0.171. The summed E-state index contributed by atoms with van der Waals surface area (Å²) in [5, 5.41) is 3.32. The third kappa shape index (κ3) is 5.18. The van der Waals surface area contributed by atoms with Crippen LogP contribution in [0.1, 0.15) is 47.7 Å². The summed E-state index contributed by atoms with van der Waals surface area (Å²) in [5.74, 6) is 0.982. The van der Waals surface area contributed by atoms with Crippen molar-refractivity contribution < 1.29 is 4.79 Å². The van der Waals surface area contributed by atoms with Crippen LogP contribution in [0.2, 0.25) is 0 Å². The first-order chi connectivity index (χ1) is 12.8. The molecule has 0 aromatic heterocycles. The maximum absolute atomic E-state index is 12.9. The topological polar surface area (TPSA) is 32.3 Å². The summed E-state index contributed by atoms with van der Waals surface area (Å²) in [4.78, 5) is 14.9. The molecule has 26 heavy (non-hydrogen) atoms. The zero-order valence-corrected chi connectivity index (χ0v) is 15.8. The predicted octanol–water partition coefficient (Wildman–Crippen LogP) is 4.13. The van der Waals surface area contributed by atoms with Crippen LogP contribution in [0.25, 0.3) is 0 Å². The second kappa shape index (κ2) is 9.54. The lowest BCUT2D eigenvalue weighted by molar-refractivity contribution is 0.0749. The predicted molar refractivity (Wildman–Crippen MR) is 107 cm³/mol. The summed E-state index contributed by atoms with van der Waals surface area (Å²) in [5.41, 5.74) is 3.34. The van der Waals surface area contributed by atoms with Crippen molar-refractivity contribution in [1.82, 2.24) is 10.2 Å². The first-order valence-corrected chi connectivity index (χ1v) is 9.89. The fourth-order valence-corrected chi connectivity index (χ4v) is 3.49. The Morgan fingerprint density at radius 2 is 1.69 bits per heavy atom. The van der Waals surface area contributed by atoms with Crippen molar-refractivity contribution in [2.24, 2.45) is 5.92 Å². The lowest BCUT2D eigenvalue weighted by Crippen LogP contribution is -2.42. The molecule has 0 aliphatic carbocycles. The van der Waals surface area contributed by atoms with E-state index in [2.05, 4.69) is 48.6 Å². The van der Waals surface area contributed by atoms with E-state index in [1.54, 1.807) is 0 Å². The van der Waals surface area contributed by atoms with Gasteiger partial charge in [-0.3, -0.25) is 4.79 Å². The Balaban J connectivity index is 1.56. The highest BCUT2D eigenvalue weighted by molar-refractivity contribution is 5.94. The van der Waals surface area contributed by atoms with E-state index in [-0.39, 0.29) is 5.91 Å². The van der Waals surface area contributed by atoms with Gasteiger partial charge in [-0.15, -0.1) is 0 Å². The minimum atomic E-state index is 0.171. The molecule has 1 N–H and O–H groups in total. The Kier molecular flexibility index (Phi) is 6.84. The van der Waals surface area contributed by atoms with E-state index < -0.39 is 0 Å². The maximum atomic E-state index is 12.9. The van der Waals surface area contributed by atoms with Gasteiger partial charge in [0.2, 0.25) is 0 Å². The van der Waals surface area contributed by atoms with Crippen molar-refractivity contribution in [3.8, 4) is 0 Å². The molecule has 0 saturated carbocycles. The van der Waals surface area contributed by atoms with Crippen molar-refractivity contribution in [3.63, 3.8) is 0 Å². The van der Waals surface area contributed by atoms with Crippen LogP contribution in [0.15, 0.2) is 54.6 Å². The van der Waals surface area contributed by atoms with E-state index in [1.165, 1.54) is 17.5 Å². The van der Waals surface area contributed by atoms with Crippen LogP contribution in [0, 0.1) is 5.92 Å². The van der Waals surface area contributed by atoms with Crippen LogP contribution in [-0.2, 0) is 6.42 Å². The van der Waals surface area contributed by atoms with Gasteiger partial charge in [-0.2, -0.15) is 0 Å². The minimum Gasteiger partial charge on any atom is -0.339 e. The van der Waals surface area contributed by atoms with E-state index in [9.17, 15) is 4.79 Å². The summed E-state index contributed by atoms with van der Waals surface area (Å²) in [6.07, 6.45) is 4.23. The van der Waals surface area contributed by atoms with Gasteiger partial charge in [0, 0.05) is 18.7 Å². The second-order valence-corrected chi connectivity index (χ2v) is 7.32. The zero-order valence-electron chi connectivity index (χ0n) is 15.8. The van der Waals surface area contributed by atoms with Gasteiger partial charge in [-0.05, 0) is 68.0 Å². The quantitative estimate of drug-likeness (QED) is 0.737. The summed E-state index contributed by atoms with van der Waals surface area (Å²) in [6.45, 7) is 6.14. The molecular weight excluding hydrogens is 320 g/mol. The number of benzene rings is 2. The SMILES string of the molecule is CCCN(CCCC1CNC1)C(=O)c1ccc(Cc2ccccc2)cc1. The van der Waals surface area contributed by atoms with E-state index >= 15 is 0 Å². The number of hydrogen-bond acceptors (Lipinski definition) is 2. The molecule has 2 aromatic rings. The average molecular weight is 351 g/mol. The highest BCUT2D eigenvalue weighted by Gasteiger charge is 2.18. The molecule has 3 rings (SSSR count). The standard InChI is InChI=1S/C23H30N2O/c1-2-14-25(15-6-9-21-17-24-18-21)23(26)22-12-10-20(11-13-22)16-19-7-4-3-5-8-19/h3-5,7-8,10-13,21,24H,2,6,9,14-18H2,1H3. The zero-order chi connectivity index (χ0) is 18.2. The summed E-state index contributed by atoms with van der Waals surface area (Å²) in [7, 11) is 0. The van der Waals surface area contributed by atoms with Crippen molar-refractivity contribution in [2.75, 3.05) is 26.2 Å². The molecule has 0 spiro atoms. The molecule has 1 saturated heterocycles. The van der Waals surface area contributed by atoms with Gasteiger partial charge in [0.25, 0.3) is 5.91 Å². The van der Waals surface area contributed by atoms with Crippen LogP contribution in [0.4, 0.5) is 0 Å². The normalized spacial score (nSPS) is 14.0. The molecule has 1 heterocycles. The van der Waals surface area contributed by atoms with E-state index in [0.717, 1.165) is 56.9 Å². The second-order valence-electron chi connectivity index (χ2n) is 7.32. The van der Waals surface area contributed by atoms with Gasteiger partial charge in [0.15, 0.2) is 0 Å². The van der Waals surface area contributed by atoms with Gasteiger partial charge in [-0.1, -0.05) is 49.4 Å². The maximum Gasteiger partial charge on any atom is 0.253 e. The van der Waals surface area contributed by atoms with E-state index in [4.69, 9.17) is 0 Å². The van der Waals surface area contributed by atoms with Gasteiger partial charge >= 0.3 is 0 Å². The molecule has 2 aromatic carbocycles. The Morgan fingerprint density at radius 1 is 1.00 bits per heavy atom. The Bertz CT molecular complexity index is 677. The summed E-state index contributed by atoms with van der Waals surface area (Å²) >= 11 is 0. The smallest absolute Gasteiger partial charge is 0.253 e. The molecule has 1 fully saturated rings. The monoisotopic (exact) mass is 350 g/mol. The third-order valence-corrected chi connectivity index (χ3v) is 5.14. The van der Waals surface area contributed by atoms with E-state index in [1.807, 2.05) is 23.1 Å². The van der Waals surface area contributed by atoms with Crippen molar-refractivity contribution >= 4 is 5.91 Å². The highest BCUT2D eigenvalue weighted by Crippen LogP contribution is 2.15. The number of rotatable bonds is 9. The number of amides is 1. The van der Waals surface area contributed by atoms with Crippen molar-refractivity contribution in [2.45, 2.75) is 32.6 Å². The Morgan fingerprint density at radius 3 is 2.31 bits per heavy atom. The largest absolute Gasteiger partial charge is 0.339 e. The molecule has 0 atom stereocenters. The lowest BCUT2D eigenvalue weighted by atomic mass is 9.97. The van der Waals surface area contributed by atoms with E-state index in [0.29, 0.717) is 0 Å². The molecule has 138 valence electrons. The van der Waals surface area contributed by atoms with Crippen molar-refractivity contribution in [3.05, 3.63) is 71.3 Å². The molecular formula is C23H30N2O. The number of nitrogens with zero attached hydrogens (tertiary/aromatic N) is 1. The first kappa shape index (κ1) is 18.7. The molecule has 0 radical (unpaired) electrons. The van der Waals surface area contributed by atoms with Gasteiger partial charge in [0.05, 0.1) is 0 Å². The molecule has 0 bridgehead atoms. The molecule has 3 heteroatoms. The summed E-state index contributed by atoms with van der Waals surface area (Å²) < 4.78 is 0. The Labute approximate surface area is 157 Å². The van der Waals surface area contributed by atoms with Crippen LogP contribution >= 0.6 is 0 Å². The van der Waals surface area contributed by atoms with Crippen LogP contribution in [0.3, 0.4) is 0 Å². The molecule has 1 amide bonds. The highest BCUT2D eigenvalue weighted by atomic mass is 16.2. The van der Waals surface area contributed by atoms with Gasteiger partial charge < -0.3 is 10.2 Å². The number of hydrogen-bond donors (Lipinski definition) is 1. The van der Waals surface area contributed by atoms with Gasteiger partial charge in [-0.25, -0.2) is 0 Å². The first-order valence-electron chi connectivity index (χ1n) is 9.89. The lowest BCUT2D eigenvalue weighted by Gasteiger charge is -2.28. The van der Waals surface area contributed by atoms with Crippen LogP contribution in [-0.4, -0.2) is 37.0 Å². The number of carbonyl (C=O) groups is 1. The molecule has 3 nitrogen and oxygen atoms in total. The summed E-state index contributed by atoms with van der Waals surface area (Å²) in [6, 6.07) is 18.6.